The zero-order chi connectivity index (χ0) is 24.2. The van der Waals surface area contributed by atoms with E-state index in [1.54, 1.807) is 30.5 Å². The summed E-state index contributed by atoms with van der Waals surface area (Å²) in [6.45, 7) is 2.50. The van der Waals surface area contributed by atoms with Gasteiger partial charge in [0.15, 0.2) is 5.82 Å². The maximum atomic E-state index is 11.9. The van der Waals surface area contributed by atoms with E-state index in [2.05, 4.69) is 25.5 Å². The number of aromatic nitrogens is 5. The molecule has 0 radical (unpaired) electrons. The number of rotatable bonds is 7. The van der Waals surface area contributed by atoms with Crippen LogP contribution in [0.3, 0.4) is 0 Å². The minimum atomic E-state index is -0.619. The molecule has 11 nitrogen and oxygen atoms in total. The molecule has 2 aromatic heterocycles. The molecule has 1 saturated heterocycles. The summed E-state index contributed by atoms with van der Waals surface area (Å²) in [5.74, 6) is 0.337. The number of anilines is 1. The first kappa shape index (κ1) is 22.4. The van der Waals surface area contributed by atoms with Crippen LogP contribution in [0.15, 0.2) is 48.7 Å². The second kappa shape index (κ2) is 9.85. The van der Waals surface area contributed by atoms with Gasteiger partial charge in [-0.05, 0) is 23.8 Å². The predicted octanol–water partition coefficient (Wildman–Crippen LogP) is 1.90. The molecule has 2 N–H and O–H groups in total. The van der Waals surface area contributed by atoms with Crippen LogP contribution in [0.4, 0.5) is 5.95 Å². The number of ketones is 1. The van der Waals surface area contributed by atoms with Gasteiger partial charge in [0.2, 0.25) is 11.7 Å². The van der Waals surface area contributed by atoms with Crippen LogP contribution in [0.5, 0.6) is 11.8 Å². The predicted molar refractivity (Wildman–Crippen MR) is 127 cm³/mol. The summed E-state index contributed by atoms with van der Waals surface area (Å²) in [7, 11) is 1.43. The number of H-pyrrole nitrogens is 1. The number of Topliss-reactive ketones (excluding diaryl/α,β-unsaturated/α-hetero) is 1. The van der Waals surface area contributed by atoms with Crippen LogP contribution < -0.4 is 15.0 Å². The van der Waals surface area contributed by atoms with Crippen LogP contribution in [-0.4, -0.2) is 70.2 Å². The van der Waals surface area contributed by atoms with E-state index in [1.807, 2.05) is 23.1 Å². The van der Waals surface area contributed by atoms with Gasteiger partial charge < -0.3 is 19.7 Å². The molecule has 4 aromatic rings. The Kier molecular flexibility index (Phi) is 6.31. The minimum absolute atomic E-state index is 0.00570. The molecule has 2 aromatic carbocycles. The molecule has 0 unspecified atom stereocenters. The molecule has 0 bridgehead atoms. The Morgan fingerprint density at radius 3 is 2.66 bits per heavy atom. The van der Waals surface area contributed by atoms with Crippen molar-refractivity contribution < 1.29 is 19.1 Å². The second-order valence-corrected chi connectivity index (χ2v) is 7.90. The Morgan fingerprint density at radius 2 is 1.89 bits per heavy atom. The Bertz CT molecular complexity index is 1360. The summed E-state index contributed by atoms with van der Waals surface area (Å²) in [6.07, 6.45) is 1.74. The Balaban J connectivity index is 1.45. The number of likely N-dealkylation sites (N-methyl/N-ethyl adjacent to an activating group) is 1. The highest BCUT2D eigenvalue weighted by Gasteiger charge is 2.19. The van der Waals surface area contributed by atoms with E-state index in [0.717, 1.165) is 16.5 Å². The van der Waals surface area contributed by atoms with Crippen molar-refractivity contribution in [2.45, 2.75) is 6.42 Å². The van der Waals surface area contributed by atoms with Gasteiger partial charge in [-0.25, -0.2) is 0 Å². The van der Waals surface area contributed by atoms with Crippen molar-refractivity contribution in [2.24, 2.45) is 0 Å². The van der Waals surface area contributed by atoms with E-state index < -0.39 is 11.7 Å². The van der Waals surface area contributed by atoms with Gasteiger partial charge in [-0.2, -0.15) is 20.1 Å². The van der Waals surface area contributed by atoms with Gasteiger partial charge >= 0.3 is 6.01 Å². The second-order valence-electron chi connectivity index (χ2n) is 7.90. The van der Waals surface area contributed by atoms with Crippen molar-refractivity contribution >= 4 is 28.5 Å². The van der Waals surface area contributed by atoms with E-state index in [-0.39, 0.29) is 12.4 Å². The van der Waals surface area contributed by atoms with Crippen molar-refractivity contribution in [3.05, 3.63) is 54.2 Å². The number of nitrogens with one attached hydrogen (secondary N) is 2. The molecular weight excluding hydrogens is 450 g/mol. The highest BCUT2D eigenvalue weighted by atomic mass is 16.5. The summed E-state index contributed by atoms with van der Waals surface area (Å²) in [5.41, 5.74) is 2.38. The third-order valence-corrected chi connectivity index (χ3v) is 5.60. The van der Waals surface area contributed by atoms with Gasteiger partial charge in [0.05, 0.1) is 24.9 Å². The summed E-state index contributed by atoms with van der Waals surface area (Å²) >= 11 is 0. The van der Waals surface area contributed by atoms with E-state index >= 15 is 0 Å². The molecule has 35 heavy (non-hydrogen) atoms. The van der Waals surface area contributed by atoms with Crippen LogP contribution in [0.25, 0.3) is 22.3 Å². The maximum absolute atomic E-state index is 11.9. The van der Waals surface area contributed by atoms with Crippen LogP contribution in [0.2, 0.25) is 0 Å². The molecule has 11 heteroatoms. The number of hydrogen-bond donors (Lipinski definition) is 2. The largest absolute Gasteiger partial charge is 0.424 e. The first-order valence-corrected chi connectivity index (χ1v) is 11.1. The highest BCUT2D eigenvalue weighted by Crippen LogP contribution is 2.29. The third-order valence-electron chi connectivity index (χ3n) is 5.60. The molecule has 0 atom stereocenters. The molecule has 0 aliphatic carbocycles. The fourth-order valence-corrected chi connectivity index (χ4v) is 3.77. The maximum Gasteiger partial charge on any atom is 0.327 e. The standard InChI is InChI=1S/C24H23N7O4/c1-25-22(33)20(32)13-15-5-7-16(8-6-15)35-24-28-21(17-3-2-4-19-18(17)14-26-30-19)27-23(29-24)31-9-11-34-12-10-31/h2-8,14H,9-13H2,1H3,(H,25,33)(H,26,30). The van der Waals surface area contributed by atoms with Crippen LogP contribution >= 0.6 is 0 Å². The number of carbonyl (C=O) groups excluding carboxylic acids is 2. The van der Waals surface area contributed by atoms with Crippen LogP contribution in [0.1, 0.15) is 5.56 Å². The van der Waals surface area contributed by atoms with Gasteiger partial charge in [-0.15, -0.1) is 0 Å². The van der Waals surface area contributed by atoms with E-state index in [4.69, 9.17) is 14.5 Å². The Hall–Kier alpha value is -4.38. The molecule has 1 aliphatic rings. The highest BCUT2D eigenvalue weighted by molar-refractivity contribution is 6.36. The zero-order valence-corrected chi connectivity index (χ0v) is 19.0. The minimum Gasteiger partial charge on any atom is -0.424 e. The molecule has 5 rings (SSSR count). The number of carbonyl (C=O) groups is 2. The fourth-order valence-electron chi connectivity index (χ4n) is 3.77. The summed E-state index contributed by atoms with van der Waals surface area (Å²) in [5, 5.41) is 10.3. The van der Waals surface area contributed by atoms with Crippen LogP contribution in [0, 0.1) is 0 Å². The average Bonchev–Trinajstić information content (AvgIpc) is 3.39. The molecule has 1 amide bonds. The third kappa shape index (κ3) is 4.94. The molecule has 0 spiro atoms. The number of hydrogen-bond acceptors (Lipinski definition) is 9. The number of fused-ring (bicyclic) bond motifs is 1. The summed E-state index contributed by atoms with van der Waals surface area (Å²) in [4.78, 5) is 39.2. The SMILES string of the molecule is CNC(=O)C(=O)Cc1ccc(Oc2nc(-c3cccc4[nH]ncc34)nc(N3CCOCC3)n2)cc1. The summed E-state index contributed by atoms with van der Waals surface area (Å²) in [6, 6.07) is 12.8. The first-order valence-electron chi connectivity index (χ1n) is 11.1. The zero-order valence-electron chi connectivity index (χ0n) is 19.0. The normalized spacial score (nSPS) is 13.6. The lowest BCUT2D eigenvalue weighted by atomic mass is 10.1. The molecule has 3 heterocycles. The quantitative estimate of drug-likeness (QED) is 0.386. The summed E-state index contributed by atoms with van der Waals surface area (Å²) < 4.78 is 11.5. The Labute approximate surface area is 200 Å². The van der Waals surface area contributed by atoms with Gasteiger partial charge in [0.1, 0.15) is 5.75 Å². The van der Waals surface area contributed by atoms with Crippen molar-refractivity contribution in [3.8, 4) is 23.1 Å². The van der Waals surface area contributed by atoms with Gasteiger partial charge in [-0.1, -0.05) is 24.3 Å². The van der Waals surface area contributed by atoms with Gasteiger partial charge in [0.25, 0.3) is 5.91 Å². The van der Waals surface area contributed by atoms with E-state index in [1.165, 1.54) is 7.05 Å². The lowest BCUT2D eigenvalue weighted by Gasteiger charge is -2.27. The first-order chi connectivity index (χ1) is 17.1. The van der Waals surface area contributed by atoms with Crippen molar-refractivity contribution in [1.82, 2.24) is 30.5 Å². The molecule has 0 saturated carbocycles. The van der Waals surface area contributed by atoms with Crippen LogP contribution in [-0.2, 0) is 20.7 Å². The Morgan fingerprint density at radius 1 is 1.09 bits per heavy atom. The number of morpholine rings is 1. The molecule has 1 aliphatic heterocycles. The number of ether oxygens (including phenoxy) is 2. The number of benzene rings is 2. The van der Waals surface area contributed by atoms with E-state index in [9.17, 15) is 9.59 Å². The monoisotopic (exact) mass is 473 g/mol. The van der Waals surface area contributed by atoms with Crippen molar-refractivity contribution in [1.29, 1.82) is 0 Å². The number of nitrogens with zero attached hydrogens (tertiary/aromatic N) is 5. The van der Waals surface area contributed by atoms with E-state index in [0.29, 0.717) is 49.4 Å². The lowest BCUT2D eigenvalue weighted by Crippen LogP contribution is -2.37. The van der Waals surface area contributed by atoms with Gasteiger partial charge in [0, 0.05) is 37.5 Å². The van der Waals surface area contributed by atoms with Crippen molar-refractivity contribution in [3.63, 3.8) is 0 Å². The van der Waals surface area contributed by atoms with Gasteiger partial charge in [-0.3, -0.25) is 14.7 Å². The average molecular weight is 473 g/mol. The number of amides is 1. The van der Waals surface area contributed by atoms with Crippen molar-refractivity contribution in [2.75, 3.05) is 38.3 Å². The molecule has 1 fully saturated rings. The fraction of sp³-hybridized carbons (Fsp3) is 0.250. The lowest BCUT2D eigenvalue weighted by molar-refractivity contribution is -0.137. The molecular formula is C24H23N7O4. The number of aromatic amines is 1. The topological polar surface area (TPSA) is 135 Å². The smallest absolute Gasteiger partial charge is 0.327 e. The molecule has 178 valence electrons.